The summed E-state index contributed by atoms with van der Waals surface area (Å²) in [5, 5.41) is 3.77. The summed E-state index contributed by atoms with van der Waals surface area (Å²) in [4.78, 5) is 53.3. The van der Waals surface area contributed by atoms with Crippen LogP contribution in [0.1, 0.15) is 45.4 Å². The molecule has 8 nitrogen and oxygen atoms in total. The molecule has 2 rings (SSSR count). The third kappa shape index (κ3) is 7.98. The van der Waals surface area contributed by atoms with Crippen molar-refractivity contribution in [1.82, 2.24) is 15.2 Å². The Bertz CT molecular complexity index is 716. The van der Waals surface area contributed by atoms with E-state index in [-0.39, 0.29) is 37.2 Å². The molecule has 1 aromatic heterocycles. The van der Waals surface area contributed by atoms with Crippen LogP contribution in [0.25, 0.3) is 0 Å². The molecule has 30 heavy (non-hydrogen) atoms. The van der Waals surface area contributed by atoms with Gasteiger partial charge in [0, 0.05) is 37.8 Å². The zero-order chi connectivity index (χ0) is 21.8. The normalized spacial score (nSPS) is 14.6. The van der Waals surface area contributed by atoms with Gasteiger partial charge in [-0.3, -0.25) is 19.3 Å². The Morgan fingerprint density at radius 3 is 2.67 bits per heavy atom. The third-order valence-electron chi connectivity index (χ3n) is 4.38. The van der Waals surface area contributed by atoms with Crippen molar-refractivity contribution < 1.29 is 23.9 Å². The molecule has 1 aliphatic heterocycles. The van der Waals surface area contributed by atoms with Crippen LogP contribution in [-0.4, -0.2) is 58.5 Å². The van der Waals surface area contributed by atoms with Crippen molar-refractivity contribution in [2.45, 2.75) is 56.5 Å². The Morgan fingerprint density at radius 1 is 1.23 bits per heavy atom. The first-order chi connectivity index (χ1) is 14.5. The van der Waals surface area contributed by atoms with Crippen molar-refractivity contribution in [3.05, 3.63) is 24.4 Å². The molecule has 1 atom stereocenters. The number of carbonyl (C=O) groups is 4. The zero-order valence-electron chi connectivity index (χ0n) is 17.0. The van der Waals surface area contributed by atoms with Gasteiger partial charge in [-0.25, -0.2) is 9.78 Å². The van der Waals surface area contributed by atoms with Crippen LogP contribution >= 0.6 is 21.6 Å². The average Bonchev–Trinajstić information content (AvgIpc) is 3.07. The van der Waals surface area contributed by atoms with Crippen LogP contribution in [0.4, 0.5) is 0 Å². The number of aromatic nitrogens is 1. The minimum absolute atomic E-state index is 0.0315. The number of imide groups is 1. The molecule has 1 fully saturated rings. The summed E-state index contributed by atoms with van der Waals surface area (Å²) in [6, 6.07) is 4.83. The SMILES string of the molecule is CCOC(=O)C(CCCCNC(=O)CCSSc1ccccn1)N1C(=O)CCC1=O. The summed E-state index contributed by atoms with van der Waals surface area (Å²) >= 11 is 0. The molecule has 1 aliphatic rings. The number of amides is 3. The number of likely N-dealkylation sites (tertiary alicyclic amines) is 1. The van der Waals surface area contributed by atoms with Gasteiger partial charge < -0.3 is 10.1 Å². The maximum absolute atomic E-state index is 12.2. The fourth-order valence-corrected chi connectivity index (χ4v) is 4.81. The Morgan fingerprint density at radius 2 is 2.00 bits per heavy atom. The second kappa shape index (κ2) is 13.3. The number of hydrogen-bond donors (Lipinski definition) is 1. The minimum Gasteiger partial charge on any atom is -0.464 e. The number of nitrogens with one attached hydrogen (secondary N) is 1. The number of pyridine rings is 1. The van der Waals surface area contributed by atoms with Gasteiger partial charge in [0.15, 0.2) is 0 Å². The van der Waals surface area contributed by atoms with E-state index in [4.69, 9.17) is 4.74 Å². The average molecular weight is 454 g/mol. The summed E-state index contributed by atoms with van der Waals surface area (Å²) < 4.78 is 5.03. The van der Waals surface area contributed by atoms with Crippen molar-refractivity contribution >= 4 is 45.3 Å². The van der Waals surface area contributed by atoms with Gasteiger partial charge >= 0.3 is 5.97 Å². The van der Waals surface area contributed by atoms with Crippen LogP contribution in [0.3, 0.4) is 0 Å². The van der Waals surface area contributed by atoms with Crippen molar-refractivity contribution in [2.24, 2.45) is 0 Å². The Balaban J connectivity index is 1.63. The summed E-state index contributed by atoms with van der Waals surface area (Å²) in [7, 11) is 3.12. The smallest absolute Gasteiger partial charge is 0.329 e. The Labute approximate surface area is 184 Å². The molecule has 0 aliphatic carbocycles. The van der Waals surface area contributed by atoms with Gasteiger partial charge in [-0.2, -0.15) is 0 Å². The second-order valence-electron chi connectivity index (χ2n) is 6.59. The first kappa shape index (κ1) is 24.2. The molecule has 3 amide bonds. The van der Waals surface area contributed by atoms with Gasteiger partial charge in [0.05, 0.1) is 6.61 Å². The van der Waals surface area contributed by atoms with E-state index in [1.165, 1.54) is 10.8 Å². The topological polar surface area (TPSA) is 106 Å². The number of nitrogens with zero attached hydrogens (tertiary/aromatic N) is 2. The summed E-state index contributed by atoms with van der Waals surface area (Å²) in [6.07, 6.45) is 3.99. The number of carbonyl (C=O) groups excluding carboxylic acids is 4. The Kier molecular flexibility index (Phi) is 10.7. The van der Waals surface area contributed by atoms with Gasteiger partial charge in [0.25, 0.3) is 0 Å². The van der Waals surface area contributed by atoms with E-state index in [1.54, 1.807) is 23.9 Å². The van der Waals surface area contributed by atoms with E-state index < -0.39 is 12.0 Å². The van der Waals surface area contributed by atoms with Crippen molar-refractivity contribution in [1.29, 1.82) is 0 Å². The first-order valence-electron chi connectivity index (χ1n) is 10.0. The lowest BCUT2D eigenvalue weighted by molar-refractivity contribution is -0.158. The lowest BCUT2D eigenvalue weighted by atomic mass is 10.1. The molecule has 0 bridgehead atoms. The predicted octanol–water partition coefficient (Wildman–Crippen LogP) is 2.58. The first-order valence-corrected chi connectivity index (χ1v) is 12.3. The minimum atomic E-state index is -0.872. The third-order valence-corrected chi connectivity index (χ3v) is 6.65. The zero-order valence-corrected chi connectivity index (χ0v) is 18.6. The number of unbranched alkanes of at least 4 members (excludes halogenated alkanes) is 1. The summed E-state index contributed by atoms with van der Waals surface area (Å²) in [5.41, 5.74) is 0. The molecule has 1 saturated heterocycles. The highest BCUT2D eigenvalue weighted by Gasteiger charge is 2.39. The monoisotopic (exact) mass is 453 g/mol. The van der Waals surface area contributed by atoms with Crippen LogP contribution in [0.15, 0.2) is 29.4 Å². The molecule has 1 unspecified atom stereocenters. The lowest BCUT2D eigenvalue weighted by Crippen LogP contribution is -2.45. The molecule has 0 saturated carbocycles. The molecule has 164 valence electrons. The van der Waals surface area contributed by atoms with Crippen molar-refractivity contribution in [3.8, 4) is 0 Å². The number of esters is 1. The summed E-state index contributed by atoms with van der Waals surface area (Å²) in [5.74, 6) is -0.555. The molecule has 1 aromatic rings. The van der Waals surface area contributed by atoms with E-state index >= 15 is 0 Å². The van der Waals surface area contributed by atoms with E-state index in [9.17, 15) is 19.2 Å². The highest BCUT2D eigenvalue weighted by molar-refractivity contribution is 8.76. The number of hydrogen-bond acceptors (Lipinski definition) is 8. The van der Waals surface area contributed by atoms with Gasteiger partial charge in [-0.1, -0.05) is 16.9 Å². The standard InChI is InChI=1S/C20H27N3O5S2/c1-2-28-20(27)15(23-18(25)9-10-19(23)26)7-3-5-12-21-16(24)11-14-29-30-17-8-4-6-13-22-17/h4,6,8,13,15H,2-3,5,7,9-12,14H2,1H3,(H,21,24). The van der Waals surface area contributed by atoms with Crippen molar-refractivity contribution in [3.63, 3.8) is 0 Å². The van der Waals surface area contributed by atoms with E-state index in [1.807, 2.05) is 18.2 Å². The maximum atomic E-state index is 12.2. The molecule has 2 heterocycles. The van der Waals surface area contributed by atoms with Crippen molar-refractivity contribution in [2.75, 3.05) is 18.9 Å². The van der Waals surface area contributed by atoms with E-state index in [2.05, 4.69) is 10.3 Å². The van der Waals surface area contributed by atoms with Gasteiger partial charge in [0.1, 0.15) is 11.1 Å². The molecular weight excluding hydrogens is 426 g/mol. The van der Waals surface area contributed by atoms with E-state index in [0.717, 1.165) is 9.93 Å². The van der Waals surface area contributed by atoms with Gasteiger partial charge in [-0.05, 0) is 49.1 Å². The predicted molar refractivity (Wildman–Crippen MR) is 116 cm³/mol. The fourth-order valence-electron chi connectivity index (χ4n) is 2.94. The highest BCUT2D eigenvalue weighted by Crippen LogP contribution is 2.29. The van der Waals surface area contributed by atoms with Gasteiger partial charge in [-0.15, -0.1) is 0 Å². The van der Waals surface area contributed by atoms with Crippen LogP contribution in [0.2, 0.25) is 0 Å². The quantitative estimate of drug-likeness (QED) is 0.210. The van der Waals surface area contributed by atoms with E-state index in [0.29, 0.717) is 38.0 Å². The van der Waals surface area contributed by atoms with Gasteiger partial charge in [0.2, 0.25) is 17.7 Å². The van der Waals surface area contributed by atoms with Crippen LogP contribution < -0.4 is 5.32 Å². The molecular formula is C20H27N3O5S2. The molecule has 0 radical (unpaired) electrons. The molecule has 0 aromatic carbocycles. The Hall–Kier alpha value is -2.07. The van der Waals surface area contributed by atoms with Crippen LogP contribution in [0, 0.1) is 0 Å². The molecule has 1 N–H and O–H groups in total. The largest absolute Gasteiger partial charge is 0.464 e. The summed E-state index contributed by atoms with van der Waals surface area (Å²) in [6.45, 7) is 2.36. The number of rotatable bonds is 13. The molecule has 0 spiro atoms. The second-order valence-corrected chi connectivity index (χ2v) is 9.03. The van der Waals surface area contributed by atoms with Crippen LogP contribution in [0.5, 0.6) is 0 Å². The maximum Gasteiger partial charge on any atom is 0.329 e. The number of ether oxygens (including phenoxy) is 1. The lowest BCUT2D eigenvalue weighted by Gasteiger charge is -2.24. The highest BCUT2D eigenvalue weighted by atomic mass is 33.1. The fraction of sp³-hybridized carbons (Fsp3) is 0.550. The molecule has 10 heteroatoms. The van der Waals surface area contributed by atoms with Crippen LogP contribution in [-0.2, 0) is 23.9 Å².